The van der Waals surface area contributed by atoms with Gasteiger partial charge in [0, 0.05) is 17.0 Å². The Balaban J connectivity index is 1.72. The van der Waals surface area contributed by atoms with Crippen LogP contribution in [0.3, 0.4) is 0 Å². The first-order valence-corrected chi connectivity index (χ1v) is 9.87. The molecule has 0 aromatic heterocycles. The quantitative estimate of drug-likeness (QED) is 0.647. The van der Waals surface area contributed by atoms with Crippen LogP contribution in [0.1, 0.15) is 62.6 Å². The predicted molar refractivity (Wildman–Crippen MR) is 109 cm³/mol. The second kappa shape index (κ2) is 6.63. The van der Waals surface area contributed by atoms with Gasteiger partial charge in [-0.3, -0.25) is 0 Å². The second-order valence-electron chi connectivity index (χ2n) is 8.68. The molecule has 3 unspecified atom stereocenters. The fourth-order valence-corrected chi connectivity index (χ4v) is 4.89. The maximum absolute atomic E-state index is 10.8. The first-order valence-electron chi connectivity index (χ1n) is 9.87. The lowest BCUT2D eigenvalue weighted by atomic mass is 9.64. The first kappa shape index (κ1) is 18.0. The smallest absolute Gasteiger partial charge is 0.127 e. The molecule has 142 valence electrons. The highest BCUT2D eigenvalue weighted by Gasteiger charge is 2.46. The van der Waals surface area contributed by atoms with E-state index >= 15 is 0 Å². The third kappa shape index (κ3) is 3.31. The number of phenolic OH excluding ortho intramolecular Hbond substituents is 2. The van der Waals surface area contributed by atoms with Crippen molar-refractivity contribution in [2.75, 3.05) is 0 Å². The zero-order valence-corrected chi connectivity index (χ0v) is 16.3. The maximum atomic E-state index is 10.8. The summed E-state index contributed by atoms with van der Waals surface area (Å²) in [5.41, 5.74) is 2.36. The van der Waals surface area contributed by atoms with Crippen molar-refractivity contribution in [1.29, 1.82) is 0 Å². The Hall–Kier alpha value is -2.42. The molecule has 0 spiro atoms. The minimum Gasteiger partial charge on any atom is -0.507 e. The summed E-state index contributed by atoms with van der Waals surface area (Å²) in [6.45, 7) is 6.65. The molecule has 0 saturated heterocycles. The standard InChI is InChI=1S/C24H28O3/c1-15-8-11-19-18(12-15)23-21(26)13-16(14-22(23)27-24(19,2)3)9-10-17-6-4-5-7-20(17)25/h4-7,9-10,13-15,18-19,25-26H,8,11-12H2,1-3H3. The van der Waals surface area contributed by atoms with Crippen LogP contribution in [-0.4, -0.2) is 15.8 Å². The van der Waals surface area contributed by atoms with Crippen LogP contribution >= 0.6 is 0 Å². The van der Waals surface area contributed by atoms with Crippen molar-refractivity contribution in [3.8, 4) is 17.2 Å². The monoisotopic (exact) mass is 364 g/mol. The lowest BCUT2D eigenvalue weighted by Gasteiger charge is -2.48. The van der Waals surface area contributed by atoms with E-state index in [-0.39, 0.29) is 11.4 Å². The van der Waals surface area contributed by atoms with Crippen LogP contribution in [0.2, 0.25) is 0 Å². The zero-order chi connectivity index (χ0) is 19.2. The molecule has 3 heteroatoms. The van der Waals surface area contributed by atoms with Gasteiger partial charge in [0.2, 0.25) is 0 Å². The third-order valence-corrected chi connectivity index (χ3v) is 6.28. The SMILES string of the molecule is CC1CCC2C(C1)c1c(O)cc(C=Cc3ccccc3O)cc1OC2(C)C. The summed E-state index contributed by atoms with van der Waals surface area (Å²) in [6, 6.07) is 11.0. The number of benzene rings is 2. The second-order valence-corrected chi connectivity index (χ2v) is 8.68. The van der Waals surface area contributed by atoms with Crippen LogP contribution in [0.15, 0.2) is 36.4 Å². The highest BCUT2D eigenvalue weighted by molar-refractivity contribution is 5.74. The topological polar surface area (TPSA) is 49.7 Å². The molecule has 4 rings (SSSR count). The molecule has 0 amide bonds. The number of phenols is 2. The van der Waals surface area contributed by atoms with E-state index in [9.17, 15) is 10.2 Å². The Morgan fingerprint density at radius 1 is 1.04 bits per heavy atom. The summed E-state index contributed by atoms with van der Waals surface area (Å²) in [7, 11) is 0. The Labute approximate surface area is 161 Å². The van der Waals surface area contributed by atoms with Gasteiger partial charge in [-0.1, -0.05) is 43.7 Å². The molecule has 0 bridgehead atoms. The number of para-hydroxylation sites is 1. The van der Waals surface area contributed by atoms with Gasteiger partial charge in [-0.15, -0.1) is 0 Å². The van der Waals surface area contributed by atoms with Crippen molar-refractivity contribution in [3.05, 3.63) is 53.1 Å². The van der Waals surface area contributed by atoms with Crippen LogP contribution in [-0.2, 0) is 0 Å². The number of ether oxygens (including phenoxy) is 1. The number of aromatic hydroxyl groups is 2. The number of fused-ring (bicyclic) bond motifs is 3. The van der Waals surface area contributed by atoms with Gasteiger partial charge in [0.15, 0.2) is 0 Å². The molecular weight excluding hydrogens is 336 g/mol. The maximum Gasteiger partial charge on any atom is 0.127 e. The van der Waals surface area contributed by atoms with Gasteiger partial charge in [-0.25, -0.2) is 0 Å². The van der Waals surface area contributed by atoms with E-state index in [1.54, 1.807) is 12.1 Å². The summed E-state index contributed by atoms with van der Waals surface area (Å²) in [5, 5.41) is 20.8. The summed E-state index contributed by atoms with van der Waals surface area (Å²) >= 11 is 0. The summed E-state index contributed by atoms with van der Waals surface area (Å²) in [4.78, 5) is 0. The van der Waals surface area contributed by atoms with E-state index in [1.807, 2.05) is 36.4 Å². The Morgan fingerprint density at radius 2 is 1.81 bits per heavy atom. The van der Waals surface area contributed by atoms with Crippen molar-refractivity contribution in [2.45, 2.75) is 51.6 Å². The lowest BCUT2D eigenvalue weighted by molar-refractivity contribution is -0.0145. The van der Waals surface area contributed by atoms with E-state index in [2.05, 4.69) is 20.8 Å². The summed E-state index contributed by atoms with van der Waals surface area (Å²) in [6.07, 6.45) is 7.24. The highest BCUT2D eigenvalue weighted by Crippen LogP contribution is 2.55. The normalized spacial score (nSPS) is 26.3. The number of hydrogen-bond donors (Lipinski definition) is 2. The molecule has 1 fully saturated rings. The first-order chi connectivity index (χ1) is 12.8. The molecular formula is C24H28O3. The van der Waals surface area contributed by atoms with Gasteiger partial charge >= 0.3 is 0 Å². The molecule has 1 heterocycles. The van der Waals surface area contributed by atoms with E-state index in [0.717, 1.165) is 35.3 Å². The van der Waals surface area contributed by atoms with Crippen molar-refractivity contribution < 1.29 is 14.9 Å². The largest absolute Gasteiger partial charge is 0.507 e. The molecule has 3 atom stereocenters. The fraction of sp³-hybridized carbons (Fsp3) is 0.417. The fourth-order valence-electron chi connectivity index (χ4n) is 4.89. The molecule has 1 saturated carbocycles. The minimum atomic E-state index is -0.232. The zero-order valence-electron chi connectivity index (χ0n) is 16.3. The van der Waals surface area contributed by atoms with Crippen LogP contribution in [0, 0.1) is 11.8 Å². The van der Waals surface area contributed by atoms with E-state index in [0.29, 0.717) is 23.5 Å². The van der Waals surface area contributed by atoms with Gasteiger partial charge in [0.1, 0.15) is 22.8 Å². The Morgan fingerprint density at radius 3 is 2.59 bits per heavy atom. The van der Waals surface area contributed by atoms with Crippen LogP contribution in [0.4, 0.5) is 0 Å². The molecule has 2 aliphatic rings. The van der Waals surface area contributed by atoms with Gasteiger partial charge in [-0.05, 0) is 62.3 Å². The lowest BCUT2D eigenvalue weighted by Crippen LogP contribution is -2.46. The molecule has 3 nitrogen and oxygen atoms in total. The third-order valence-electron chi connectivity index (χ3n) is 6.28. The predicted octanol–water partition coefficient (Wildman–Crippen LogP) is 5.96. The summed E-state index contributed by atoms with van der Waals surface area (Å²) in [5.74, 6) is 2.83. The summed E-state index contributed by atoms with van der Waals surface area (Å²) < 4.78 is 6.38. The highest BCUT2D eigenvalue weighted by atomic mass is 16.5. The molecule has 27 heavy (non-hydrogen) atoms. The average molecular weight is 364 g/mol. The van der Waals surface area contributed by atoms with Crippen molar-refractivity contribution in [2.24, 2.45) is 11.8 Å². The minimum absolute atomic E-state index is 0.232. The molecule has 2 N–H and O–H groups in total. The Bertz CT molecular complexity index is 881. The molecule has 0 radical (unpaired) electrons. The average Bonchev–Trinajstić information content (AvgIpc) is 2.59. The van der Waals surface area contributed by atoms with E-state index < -0.39 is 0 Å². The van der Waals surface area contributed by atoms with E-state index in [1.165, 1.54) is 6.42 Å². The number of rotatable bonds is 2. The van der Waals surface area contributed by atoms with E-state index in [4.69, 9.17) is 4.74 Å². The molecule has 1 aliphatic heterocycles. The van der Waals surface area contributed by atoms with Crippen molar-refractivity contribution in [1.82, 2.24) is 0 Å². The Kier molecular flexibility index (Phi) is 4.41. The van der Waals surface area contributed by atoms with Crippen LogP contribution in [0.25, 0.3) is 12.2 Å². The van der Waals surface area contributed by atoms with Gasteiger partial charge < -0.3 is 14.9 Å². The molecule has 1 aliphatic carbocycles. The van der Waals surface area contributed by atoms with Crippen molar-refractivity contribution >= 4 is 12.2 Å². The van der Waals surface area contributed by atoms with Crippen LogP contribution in [0.5, 0.6) is 17.2 Å². The molecule has 2 aromatic carbocycles. The molecule has 2 aromatic rings. The van der Waals surface area contributed by atoms with Gasteiger partial charge in [0.25, 0.3) is 0 Å². The van der Waals surface area contributed by atoms with Crippen LogP contribution < -0.4 is 4.74 Å². The van der Waals surface area contributed by atoms with Gasteiger partial charge in [0.05, 0.1) is 0 Å². The number of hydrogen-bond acceptors (Lipinski definition) is 3. The van der Waals surface area contributed by atoms with Crippen molar-refractivity contribution in [3.63, 3.8) is 0 Å². The van der Waals surface area contributed by atoms with Gasteiger partial charge in [-0.2, -0.15) is 0 Å².